The highest BCUT2D eigenvalue weighted by molar-refractivity contribution is 6.08. The highest BCUT2D eigenvalue weighted by Gasteiger charge is 2.45. The van der Waals surface area contributed by atoms with Crippen molar-refractivity contribution in [3.05, 3.63) is 65.7 Å². The molecule has 6 nitrogen and oxygen atoms in total. The predicted molar refractivity (Wildman–Crippen MR) is 122 cm³/mol. The number of benzene rings is 2. The molecule has 1 aliphatic rings. The van der Waals surface area contributed by atoms with Crippen LogP contribution in [0.15, 0.2) is 54.6 Å². The van der Waals surface area contributed by atoms with Crippen molar-refractivity contribution in [3.8, 4) is 0 Å². The van der Waals surface area contributed by atoms with Gasteiger partial charge in [0.15, 0.2) is 5.78 Å². The van der Waals surface area contributed by atoms with Gasteiger partial charge in [-0.25, -0.2) is 0 Å². The van der Waals surface area contributed by atoms with Gasteiger partial charge in [-0.05, 0) is 50.2 Å². The summed E-state index contributed by atoms with van der Waals surface area (Å²) in [6.45, 7) is 4.91. The Morgan fingerprint density at radius 2 is 1.68 bits per heavy atom. The quantitative estimate of drug-likeness (QED) is 0.624. The number of carboxylic acid groups (broad SMARTS) is 1. The van der Waals surface area contributed by atoms with Gasteiger partial charge in [-0.15, -0.1) is 0 Å². The van der Waals surface area contributed by atoms with Crippen molar-refractivity contribution in [3.63, 3.8) is 0 Å². The standard InChI is InChI=1S/C25H32N2O4/c1-4-25(26(2)3,18-19-8-6-5-7-9-19)23(28)22(24(29)30)20-10-12-21(13-11-20)27-14-16-31-17-15-27/h5-13,22H,4,14-18H2,1-3H3,(H,29,30). The Bertz CT molecular complexity index is 876. The Balaban J connectivity index is 1.92. The minimum absolute atomic E-state index is 0.282. The summed E-state index contributed by atoms with van der Waals surface area (Å²) in [6.07, 6.45) is 0.981. The normalized spacial score (nSPS) is 17.2. The van der Waals surface area contributed by atoms with Crippen molar-refractivity contribution in [2.75, 3.05) is 45.3 Å². The summed E-state index contributed by atoms with van der Waals surface area (Å²) < 4.78 is 5.40. The van der Waals surface area contributed by atoms with Crippen LogP contribution in [0.2, 0.25) is 0 Å². The van der Waals surface area contributed by atoms with Gasteiger partial charge in [0.05, 0.1) is 18.8 Å². The summed E-state index contributed by atoms with van der Waals surface area (Å²) in [5.41, 5.74) is 1.63. The second-order valence-electron chi connectivity index (χ2n) is 8.27. The zero-order valence-corrected chi connectivity index (χ0v) is 18.6. The first-order valence-corrected chi connectivity index (χ1v) is 10.8. The molecule has 2 aromatic carbocycles. The Kier molecular flexibility index (Phi) is 7.46. The maximum Gasteiger partial charge on any atom is 0.318 e. The number of carboxylic acids is 1. The monoisotopic (exact) mass is 424 g/mol. The third-order valence-corrected chi connectivity index (χ3v) is 6.35. The highest BCUT2D eigenvalue weighted by atomic mass is 16.5. The predicted octanol–water partition coefficient (Wildman–Crippen LogP) is 3.21. The van der Waals surface area contributed by atoms with E-state index in [1.807, 2.05) is 68.4 Å². The van der Waals surface area contributed by atoms with Crippen molar-refractivity contribution >= 4 is 17.4 Å². The number of likely N-dealkylation sites (N-methyl/N-ethyl adjacent to an activating group) is 1. The topological polar surface area (TPSA) is 70.1 Å². The summed E-state index contributed by atoms with van der Waals surface area (Å²) in [5, 5.41) is 10.1. The van der Waals surface area contributed by atoms with Crippen LogP contribution >= 0.6 is 0 Å². The fraction of sp³-hybridized carbons (Fsp3) is 0.440. The van der Waals surface area contributed by atoms with E-state index in [-0.39, 0.29) is 5.78 Å². The maximum atomic E-state index is 13.8. The van der Waals surface area contributed by atoms with E-state index in [1.54, 1.807) is 12.1 Å². The van der Waals surface area contributed by atoms with Gasteiger partial charge < -0.3 is 14.7 Å². The molecule has 166 valence electrons. The molecule has 2 aromatic rings. The lowest BCUT2D eigenvalue weighted by atomic mass is 9.76. The van der Waals surface area contributed by atoms with Gasteiger partial charge >= 0.3 is 5.97 Å². The lowest BCUT2D eigenvalue weighted by molar-refractivity contribution is -0.146. The smallest absolute Gasteiger partial charge is 0.318 e. The Hall–Kier alpha value is -2.70. The first-order chi connectivity index (χ1) is 14.9. The van der Waals surface area contributed by atoms with E-state index in [0.29, 0.717) is 31.6 Å². The third-order valence-electron chi connectivity index (χ3n) is 6.35. The van der Waals surface area contributed by atoms with Crippen LogP contribution in [0.4, 0.5) is 5.69 Å². The van der Waals surface area contributed by atoms with Crippen LogP contribution < -0.4 is 4.90 Å². The zero-order chi connectivity index (χ0) is 22.4. The number of Topliss-reactive ketones (excluding diaryl/α,β-unsaturated/α-hetero) is 1. The molecule has 0 saturated carbocycles. The van der Waals surface area contributed by atoms with Gasteiger partial charge in [0.1, 0.15) is 5.92 Å². The van der Waals surface area contributed by atoms with Gasteiger partial charge in [-0.3, -0.25) is 14.5 Å². The number of ketones is 1. The van der Waals surface area contributed by atoms with Crippen LogP contribution in [-0.4, -0.2) is 67.7 Å². The molecule has 2 unspecified atom stereocenters. The number of ether oxygens (including phenoxy) is 1. The maximum absolute atomic E-state index is 13.8. The molecule has 1 aliphatic heterocycles. The molecule has 0 bridgehead atoms. The van der Waals surface area contributed by atoms with Crippen molar-refractivity contribution in [1.82, 2.24) is 4.90 Å². The van der Waals surface area contributed by atoms with Crippen LogP contribution in [-0.2, 0) is 20.7 Å². The van der Waals surface area contributed by atoms with Gasteiger partial charge in [-0.2, -0.15) is 0 Å². The second-order valence-corrected chi connectivity index (χ2v) is 8.27. The number of anilines is 1. The summed E-state index contributed by atoms with van der Waals surface area (Å²) in [4.78, 5) is 30.2. The van der Waals surface area contributed by atoms with Gasteiger partial charge in [0, 0.05) is 18.8 Å². The molecule has 2 atom stereocenters. The van der Waals surface area contributed by atoms with Gasteiger partial charge in [0.2, 0.25) is 0 Å². The summed E-state index contributed by atoms with van der Waals surface area (Å²) in [6, 6.07) is 17.1. The molecule has 31 heavy (non-hydrogen) atoms. The average Bonchev–Trinajstić information content (AvgIpc) is 2.79. The van der Waals surface area contributed by atoms with E-state index in [1.165, 1.54) is 0 Å². The first kappa shape index (κ1) is 23.0. The SMILES string of the molecule is CCC(Cc1ccccc1)(C(=O)C(C(=O)O)c1ccc(N2CCOCC2)cc1)N(C)C. The minimum atomic E-state index is -1.22. The molecule has 1 saturated heterocycles. The van der Waals surface area contributed by atoms with Gasteiger partial charge in [0.25, 0.3) is 0 Å². The molecular weight excluding hydrogens is 392 g/mol. The lowest BCUT2D eigenvalue weighted by Crippen LogP contribution is -2.55. The number of rotatable bonds is 9. The van der Waals surface area contributed by atoms with Crippen LogP contribution in [0.25, 0.3) is 0 Å². The van der Waals surface area contributed by atoms with E-state index < -0.39 is 17.4 Å². The Labute approximate surface area is 184 Å². The molecule has 0 aliphatic carbocycles. The molecule has 0 amide bonds. The molecule has 3 rings (SSSR count). The fourth-order valence-corrected chi connectivity index (χ4v) is 4.39. The van der Waals surface area contributed by atoms with Crippen LogP contribution in [0, 0.1) is 0 Å². The van der Waals surface area contributed by atoms with E-state index in [9.17, 15) is 14.7 Å². The van der Waals surface area contributed by atoms with Gasteiger partial charge in [-0.1, -0.05) is 49.4 Å². The number of nitrogens with zero attached hydrogens (tertiary/aromatic N) is 2. The largest absolute Gasteiger partial charge is 0.480 e. The number of morpholine rings is 1. The summed E-state index contributed by atoms with van der Waals surface area (Å²) in [7, 11) is 3.70. The van der Waals surface area contributed by atoms with E-state index in [4.69, 9.17) is 4.74 Å². The number of carbonyl (C=O) groups is 2. The fourth-order valence-electron chi connectivity index (χ4n) is 4.39. The molecule has 1 N–H and O–H groups in total. The van der Waals surface area contributed by atoms with E-state index in [0.717, 1.165) is 24.3 Å². The molecular formula is C25H32N2O4. The molecule has 0 spiro atoms. The highest BCUT2D eigenvalue weighted by Crippen LogP contribution is 2.32. The number of carbonyl (C=O) groups excluding carboxylic acids is 1. The summed E-state index contributed by atoms with van der Waals surface area (Å²) in [5.74, 6) is -2.61. The zero-order valence-electron chi connectivity index (χ0n) is 18.6. The third kappa shape index (κ3) is 4.97. The second kappa shape index (κ2) is 10.1. The first-order valence-electron chi connectivity index (χ1n) is 10.8. The molecule has 0 radical (unpaired) electrons. The average molecular weight is 425 g/mol. The van der Waals surface area contributed by atoms with Crippen molar-refractivity contribution < 1.29 is 19.4 Å². The van der Waals surface area contributed by atoms with Crippen molar-refractivity contribution in [1.29, 1.82) is 0 Å². The minimum Gasteiger partial charge on any atom is -0.480 e. The molecule has 1 heterocycles. The van der Waals surface area contributed by atoms with Crippen LogP contribution in [0.3, 0.4) is 0 Å². The Morgan fingerprint density at radius 3 is 2.19 bits per heavy atom. The number of hydrogen-bond acceptors (Lipinski definition) is 5. The van der Waals surface area contributed by atoms with E-state index >= 15 is 0 Å². The summed E-state index contributed by atoms with van der Waals surface area (Å²) >= 11 is 0. The Morgan fingerprint density at radius 1 is 1.06 bits per heavy atom. The van der Waals surface area contributed by atoms with Crippen molar-refractivity contribution in [2.45, 2.75) is 31.2 Å². The molecule has 1 fully saturated rings. The van der Waals surface area contributed by atoms with E-state index in [2.05, 4.69) is 4.90 Å². The number of hydrogen-bond donors (Lipinski definition) is 1. The van der Waals surface area contributed by atoms with Crippen LogP contribution in [0.1, 0.15) is 30.4 Å². The molecule has 6 heteroatoms. The molecule has 0 aromatic heterocycles. The lowest BCUT2D eigenvalue weighted by Gasteiger charge is -2.40. The van der Waals surface area contributed by atoms with Crippen molar-refractivity contribution in [2.24, 2.45) is 0 Å². The number of aliphatic carboxylic acids is 1. The van der Waals surface area contributed by atoms with Crippen LogP contribution in [0.5, 0.6) is 0 Å².